The van der Waals surface area contributed by atoms with Crippen LogP contribution in [0.2, 0.25) is 0 Å². The summed E-state index contributed by atoms with van der Waals surface area (Å²) in [4.78, 5) is 27.6. The van der Waals surface area contributed by atoms with Crippen molar-refractivity contribution in [1.82, 2.24) is 20.2 Å². The van der Waals surface area contributed by atoms with E-state index in [1.54, 1.807) is 12.1 Å². The molecule has 1 aromatic rings. The van der Waals surface area contributed by atoms with Crippen LogP contribution in [0.3, 0.4) is 0 Å². The second kappa shape index (κ2) is 7.19. The molecule has 6 heteroatoms. The maximum Gasteiger partial charge on any atom is 0.323 e. The van der Waals surface area contributed by atoms with Crippen molar-refractivity contribution in [3.63, 3.8) is 0 Å². The first-order chi connectivity index (χ1) is 10.1. The molecule has 0 unspecified atom stereocenters. The summed E-state index contributed by atoms with van der Waals surface area (Å²) in [6, 6.07) is 9.62. The molecule has 0 aliphatic carbocycles. The number of hydrogen-bond donors (Lipinski definition) is 1. The standard InChI is InChI=1S/C15H22N4O2/c1-17-8-10-19(11-9-17)16-14(20)15(21)18(2)12-13-6-4-3-5-7-13/h3-7H,8-12H2,1-2H3,(H,16,20). The number of hydrazine groups is 1. The van der Waals surface area contributed by atoms with Gasteiger partial charge in [0.05, 0.1) is 0 Å². The van der Waals surface area contributed by atoms with Gasteiger partial charge in [0.25, 0.3) is 0 Å². The lowest BCUT2D eigenvalue weighted by atomic mass is 10.2. The van der Waals surface area contributed by atoms with Gasteiger partial charge in [0, 0.05) is 39.8 Å². The number of carbonyl (C=O) groups is 2. The van der Waals surface area contributed by atoms with Crippen molar-refractivity contribution in [2.45, 2.75) is 6.54 Å². The molecule has 1 aromatic carbocycles. The van der Waals surface area contributed by atoms with Crippen LogP contribution in [-0.4, -0.2) is 66.9 Å². The van der Waals surface area contributed by atoms with E-state index in [1.165, 1.54) is 4.90 Å². The first-order valence-corrected chi connectivity index (χ1v) is 7.10. The Balaban J connectivity index is 1.83. The van der Waals surface area contributed by atoms with Crippen LogP contribution in [0, 0.1) is 0 Å². The van der Waals surface area contributed by atoms with Crippen molar-refractivity contribution in [3.8, 4) is 0 Å². The second-order valence-corrected chi connectivity index (χ2v) is 5.38. The molecule has 2 rings (SSSR count). The Labute approximate surface area is 125 Å². The zero-order chi connectivity index (χ0) is 15.2. The first kappa shape index (κ1) is 15.5. The van der Waals surface area contributed by atoms with Crippen molar-refractivity contribution >= 4 is 11.8 Å². The summed E-state index contributed by atoms with van der Waals surface area (Å²) in [5.41, 5.74) is 3.68. The van der Waals surface area contributed by atoms with Gasteiger partial charge in [0.15, 0.2) is 0 Å². The van der Waals surface area contributed by atoms with E-state index in [9.17, 15) is 9.59 Å². The van der Waals surface area contributed by atoms with E-state index in [-0.39, 0.29) is 0 Å². The topological polar surface area (TPSA) is 55.9 Å². The maximum atomic E-state index is 12.1. The van der Waals surface area contributed by atoms with Crippen molar-refractivity contribution in [1.29, 1.82) is 0 Å². The minimum Gasteiger partial charge on any atom is -0.333 e. The van der Waals surface area contributed by atoms with Gasteiger partial charge in [0.1, 0.15) is 0 Å². The predicted molar refractivity (Wildman–Crippen MR) is 80.1 cm³/mol. The largest absolute Gasteiger partial charge is 0.333 e. The van der Waals surface area contributed by atoms with Crippen molar-refractivity contribution in [3.05, 3.63) is 35.9 Å². The smallest absolute Gasteiger partial charge is 0.323 e. The molecule has 1 fully saturated rings. The molecule has 0 spiro atoms. The van der Waals surface area contributed by atoms with Crippen molar-refractivity contribution < 1.29 is 9.59 Å². The zero-order valence-corrected chi connectivity index (χ0v) is 12.6. The molecule has 1 N–H and O–H groups in total. The number of hydrogen-bond acceptors (Lipinski definition) is 4. The number of rotatable bonds is 3. The van der Waals surface area contributed by atoms with Crippen LogP contribution in [-0.2, 0) is 16.1 Å². The molecule has 2 amide bonds. The lowest BCUT2D eigenvalue weighted by molar-refractivity contribution is -0.148. The molecular weight excluding hydrogens is 268 g/mol. The molecule has 0 radical (unpaired) electrons. The third-order valence-electron chi connectivity index (χ3n) is 3.57. The van der Waals surface area contributed by atoms with Gasteiger partial charge in [-0.2, -0.15) is 0 Å². The number of piperazine rings is 1. The molecule has 0 saturated carbocycles. The molecule has 6 nitrogen and oxygen atoms in total. The third kappa shape index (κ3) is 4.54. The van der Waals surface area contributed by atoms with E-state index >= 15 is 0 Å². The van der Waals surface area contributed by atoms with Gasteiger partial charge in [-0.15, -0.1) is 0 Å². The number of carbonyl (C=O) groups excluding carboxylic acids is 2. The molecular formula is C15H22N4O2. The Hall–Kier alpha value is -1.92. The van der Waals surface area contributed by atoms with Crippen LogP contribution in [0.4, 0.5) is 0 Å². The zero-order valence-electron chi connectivity index (χ0n) is 12.6. The van der Waals surface area contributed by atoms with Crippen LogP contribution in [0.15, 0.2) is 30.3 Å². The maximum absolute atomic E-state index is 12.1. The quantitative estimate of drug-likeness (QED) is 0.792. The van der Waals surface area contributed by atoms with Crippen LogP contribution in [0.5, 0.6) is 0 Å². The van der Waals surface area contributed by atoms with E-state index in [4.69, 9.17) is 0 Å². The number of benzene rings is 1. The highest BCUT2D eigenvalue weighted by atomic mass is 16.2. The van der Waals surface area contributed by atoms with Crippen LogP contribution >= 0.6 is 0 Å². The molecule has 1 saturated heterocycles. The molecule has 1 aliphatic heterocycles. The Morgan fingerprint density at radius 3 is 2.38 bits per heavy atom. The Morgan fingerprint density at radius 2 is 1.76 bits per heavy atom. The van der Waals surface area contributed by atoms with Gasteiger partial charge in [-0.25, -0.2) is 5.01 Å². The first-order valence-electron chi connectivity index (χ1n) is 7.10. The summed E-state index contributed by atoms with van der Waals surface area (Å²) in [6.45, 7) is 3.66. The summed E-state index contributed by atoms with van der Waals surface area (Å²) in [5, 5.41) is 1.80. The summed E-state index contributed by atoms with van der Waals surface area (Å²) < 4.78 is 0. The minimum atomic E-state index is -0.571. The Bertz CT molecular complexity index is 484. The van der Waals surface area contributed by atoms with Crippen molar-refractivity contribution in [2.24, 2.45) is 0 Å². The van der Waals surface area contributed by atoms with Gasteiger partial charge in [-0.05, 0) is 12.6 Å². The fourth-order valence-electron chi connectivity index (χ4n) is 2.21. The summed E-state index contributed by atoms with van der Waals surface area (Å²) >= 11 is 0. The fourth-order valence-corrected chi connectivity index (χ4v) is 2.21. The van der Waals surface area contributed by atoms with Gasteiger partial charge in [0.2, 0.25) is 0 Å². The van der Waals surface area contributed by atoms with Crippen molar-refractivity contribution in [2.75, 3.05) is 40.3 Å². The highest BCUT2D eigenvalue weighted by molar-refractivity contribution is 6.34. The number of amides is 2. The lowest BCUT2D eigenvalue weighted by Crippen LogP contribution is -2.55. The molecule has 114 valence electrons. The average molecular weight is 290 g/mol. The molecule has 1 heterocycles. The number of nitrogens with zero attached hydrogens (tertiary/aromatic N) is 3. The van der Waals surface area contributed by atoms with Gasteiger partial charge in [-0.3, -0.25) is 15.0 Å². The van der Waals surface area contributed by atoms with Gasteiger partial charge in [-0.1, -0.05) is 30.3 Å². The van der Waals surface area contributed by atoms with Crippen LogP contribution < -0.4 is 5.43 Å². The predicted octanol–water partition coefficient (Wildman–Crippen LogP) is -0.0764. The van der Waals surface area contributed by atoms with E-state index in [0.717, 1.165) is 31.7 Å². The number of nitrogens with one attached hydrogen (secondary N) is 1. The second-order valence-electron chi connectivity index (χ2n) is 5.38. The van der Waals surface area contributed by atoms with Crippen LogP contribution in [0.25, 0.3) is 0 Å². The molecule has 1 aliphatic rings. The molecule has 0 aromatic heterocycles. The molecule has 0 bridgehead atoms. The Morgan fingerprint density at radius 1 is 1.14 bits per heavy atom. The van der Waals surface area contributed by atoms with Crippen LogP contribution in [0.1, 0.15) is 5.56 Å². The minimum absolute atomic E-state index is 0.426. The highest BCUT2D eigenvalue weighted by Gasteiger charge is 2.22. The molecule has 0 atom stereocenters. The van der Waals surface area contributed by atoms with Gasteiger partial charge >= 0.3 is 11.8 Å². The number of likely N-dealkylation sites (N-methyl/N-ethyl adjacent to an activating group) is 2. The van der Waals surface area contributed by atoms with E-state index in [1.807, 2.05) is 37.4 Å². The van der Waals surface area contributed by atoms with E-state index < -0.39 is 11.8 Å². The summed E-state index contributed by atoms with van der Waals surface area (Å²) in [6.07, 6.45) is 0. The van der Waals surface area contributed by atoms with E-state index in [2.05, 4.69) is 10.3 Å². The van der Waals surface area contributed by atoms with Gasteiger partial charge < -0.3 is 9.80 Å². The summed E-state index contributed by atoms with van der Waals surface area (Å²) in [7, 11) is 3.68. The average Bonchev–Trinajstić information content (AvgIpc) is 2.49. The SMILES string of the molecule is CN1CCN(NC(=O)C(=O)N(C)Cc2ccccc2)CC1. The fraction of sp³-hybridized carbons (Fsp3) is 0.467. The molecule has 21 heavy (non-hydrogen) atoms. The third-order valence-corrected chi connectivity index (χ3v) is 3.57. The summed E-state index contributed by atoms with van der Waals surface area (Å²) in [5.74, 6) is -1.09. The highest BCUT2D eigenvalue weighted by Crippen LogP contribution is 2.03. The lowest BCUT2D eigenvalue weighted by Gasteiger charge is -2.32. The van der Waals surface area contributed by atoms with E-state index in [0.29, 0.717) is 6.54 Å². The monoisotopic (exact) mass is 290 g/mol. The normalized spacial score (nSPS) is 16.5. The Kier molecular flexibility index (Phi) is 5.30.